The Morgan fingerprint density at radius 3 is 2.11 bits per heavy atom. The molecule has 4 fully saturated rings. The van der Waals surface area contributed by atoms with E-state index < -0.39 is 12.1 Å². The molecule has 10 heteroatoms. The average Bonchev–Trinajstić information content (AvgIpc) is 3.18. The highest BCUT2D eigenvalue weighted by Crippen LogP contribution is 2.55. The summed E-state index contributed by atoms with van der Waals surface area (Å²) in [5.41, 5.74) is 2.39. The van der Waals surface area contributed by atoms with E-state index in [-0.39, 0.29) is 11.4 Å². The van der Waals surface area contributed by atoms with E-state index in [9.17, 15) is 18.0 Å². The molecule has 36 heavy (non-hydrogen) atoms. The number of rotatable bonds is 3. The van der Waals surface area contributed by atoms with Gasteiger partial charge < -0.3 is 15.2 Å². The van der Waals surface area contributed by atoms with Gasteiger partial charge in [-0.25, -0.2) is 4.98 Å². The Bertz CT molecular complexity index is 1290. The molecule has 190 valence electrons. The number of fused-ring (bicyclic) bond motifs is 1. The van der Waals surface area contributed by atoms with Crippen LogP contribution in [-0.2, 0) is 4.79 Å². The minimum absolute atomic E-state index is 0.00668. The van der Waals surface area contributed by atoms with Gasteiger partial charge in [0.05, 0.1) is 16.8 Å². The van der Waals surface area contributed by atoms with Crippen LogP contribution in [0.5, 0.6) is 0 Å². The molecule has 4 saturated carbocycles. The fourth-order valence-corrected chi connectivity index (χ4v) is 6.90. The Kier molecular flexibility index (Phi) is 6.22. The third kappa shape index (κ3) is 4.68. The Hall–Kier alpha value is -3.07. The number of hydrogen-bond acceptors (Lipinski definition) is 3. The highest BCUT2D eigenvalue weighted by Gasteiger charge is 2.52. The standard InChI is InChI=1S/C24H24ClN3O.C2HF3O2/c25-19-6-2-1-5-18(19)22-26-21(20-7-3-4-8-28(20)22)23(29)27-24-12-15-9-16(13-24)11-17(10-15)14-24;3-2(4,5)1(6)7/h1-8,15-17H,9-14H2,(H,27,29);(H,6,7). The second-order valence-corrected chi connectivity index (χ2v) is 10.6. The zero-order chi connectivity index (χ0) is 25.7. The number of imidazole rings is 1. The number of carboxylic acid groups (broad SMARTS) is 1. The van der Waals surface area contributed by atoms with E-state index in [1.54, 1.807) is 0 Å². The second kappa shape index (κ2) is 9.10. The minimum Gasteiger partial charge on any atom is -0.542 e. The van der Waals surface area contributed by atoms with Crippen LogP contribution in [-0.4, -0.2) is 28.6 Å². The number of amides is 1. The summed E-state index contributed by atoms with van der Waals surface area (Å²) >= 11 is 6.46. The Morgan fingerprint density at radius 1 is 1.00 bits per heavy atom. The Balaban J connectivity index is 0.000000338. The number of alkyl halides is 3. The largest absolute Gasteiger partial charge is 0.542 e. The van der Waals surface area contributed by atoms with Crippen molar-refractivity contribution in [3.8, 4) is 11.4 Å². The first-order valence-electron chi connectivity index (χ1n) is 11.9. The van der Waals surface area contributed by atoms with Crippen molar-refractivity contribution in [2.24, 2.45) is 17.8 Å². The topological polar surface area (TPSA) is 89.1 Å². The second-order valence-electron chi connectivity index (χ2n) is 10.2. The third-order valence-electron chi connectivity index (χ3n) is 7.60. The number of pyridine rings is 1. The number of aromatic nitrogens is 2. The zero-order valence-corrected chi connectivity index (χ0v) is 20.0. The number of benzene rings is 1. The van der Waals surface area contributed by atoms with Gasteiger partial charge in [-0.15, -0.1) is 0 Å². The summed E-state index contributed by atoms with van der Waals surface area (Å²) in [4.78, 5) is 25.7. The first-order valence-corrected chi connectivity index (χ1v) is 12.3. The van der Waals surface area contributed by atoms with Crippen LogP contribution in [0.4, 0.5) is 13.2 Å². The number of carbonyl (C=O) groups is 2. The summed E-state index contributed by atoms with van der Waals surface area (Å²) in [5.74, 6) is 0.239. The predicted molar refractivity (Wildman–Crippen MR) is 124 cm³/mol. The zero-order valence-electron chi connectivity index (χ0n) is 19.3. The van der Waals surface area contributed by atoms with Gasteiger partial charge >= 0.3 is 6.18 Å². The Labute approximate surface area is 210 Å². The maximum absolute atomic E-state index is 13.5. The van der Waals surface area contributed by atoms with Gasteiger partial charge in [-0.1, -0.05) is 29.8 Å². The molecule has 0 saturated heterocycles. The molecule has 0 radical (unpaired) electrons. The number of carbonyl (C=O) groups excluding carboxylic acids is 2. The number of halogens is 4. The van der Waals surface area contributed by atoms with Crippen molar-refractivity contribution < 1.29 is 32.3 Å². The van der Waals surface area contributed by atoms with E-state index >= 15 is 0 Å². The molecular weight excluding hydrogens is 495 g/mol. The van der Waals surface area contributed by atoms with Gasteiger partial charge in [-0.2, -0.15) is 17.6 Å². The number of aliphatic carboxylic acids is 1. The van der Waals surface area contributed by atoms with Crippen LogP contribution in [0.15, 0.2) is 48.7 Å². The van der Waals surface area contributed by atoms with Crippen LogP contribution < -0.4 is 14.8 Å². The molecule has 7 rings (SSSR count). The van der Waals surface area contributed by atoms with Gasteiger partial charge in [0.25, 0.3) is 11.7 Å². The van der Waals surface area contributed by atoms with Crippen molar-refractivity contribution >= 4 is 29.0 Å². The maximum atomic E-state index is 13.5. The van der Waals surface area contributed by atoms with Gasteiger partial charge in [0.1, 0.15) is 5.97 Å². The minimum atomic E-state index is -5.19. The summed E-state index contributed by atoms with van der Waals surface area (Å²) in [7, 11) is 0. The number of nitrogens with one attached hydrogen (secondary N) is 2. The summed E-state index contributed by atoms with van der Waals surface area (Å²) in [6.07, 6.45) is 4.33. The van der Waals surface area contributed by atoms with E-state index in [1.165, 1.54) is 19.3 Å². The first kappa shape index (κ1) is 24.6. The van der Waals surface area contributed by atoms with Gasteiger partial charge in [0, 0.05) is 5.54 Å². The molecule has 2 heterocycles. The van der Waals surface area contributed by atoms with Crippen molar-refractivity contribution in [1.82, 2.24) is 10.3 Å². The number of aromatic amines is 1. The molecule has 2 aromatic heterocycles. The van der Waals surface area contributed by atoms with Crippen LogP contribution in [0.1, 0.15) is 49.0 Å². The van der Waals surface area contributed by atoms with Crippen molar-refractivity contribution in [2.45, 2.75) is 50.2 Å². The molecule has 2 N–H and O–H groups in total. The van der Waals surface area contributed by atoms with E-state index in [2.05, 4.69) is 10.3 Å². The normalized spacial score (nSPS) is 26.4. The molecule has 6 nitrogen and oxygen atoms in total. The molecular formula is C26H25ClF3N3O3. The molecule has 0 spiro atoms. The lowest BCUT2D eigenvalue weighted by atomic mass is 9.53. The summed E-state index contributed by atoms with van der Waals surface area (Å²) < 4.78 is 33.6. The lowest BCUT2D eigenvalue weighted by Crippen LogP contribution is -2.59. The lowest BCUT2D eigenvalue weighted by Gasteiger charge is -2.56. The van der Waals surface area contributed by atoms with Gasteiger partial charge in [0.15, 0.2) is 5.52 Å². The van der Waals surface area contributed by atoms with E-state index in [1.807, 2.05) is 53.1 Å². The fraction of sp³-hybridized carbons (Fsp3) is 0.423. The number of nitrogens with zero attached hydrogens (tertiary/aromatic N) is 1. The predicted octanol–water partition coefficient (Wildman–Crippen LogP) is 4.07. The van der Waals surface area contributed by atoms with Crippen LogP contribution >= 0.6 is 11.6 Å². The van der Waals surface area contributed by atoms with Crippen LogP contribution in [0.3, 0.4) is 0 Å². The molecule has 0 aliphatic heterocycles. The van der Waals surface area contributed by atoms with E-state index in [0.29, 0.717) is 10.7 Å². The third-order valence-corrected chi connectivity index (χ3v) is 7.93. The van der Waals surface area contributed by atoms with Crippen molar-refractivity contribution in [3.63, 3.8) is 0 Å². The summed E-state index contributed by atoms with van der Waals surface area (Å²) in [6, 6.07) is 13.7. The number of hydrogen-bond donors (Lipinski definition) is 2. The SMILES string of the molecule is O=C(NC12CC3CC(CC(C3)C1)C2)c1[nH]c(-c2ccccc2Cl)[n+]2ccccc12.O=C([O-])C(F)(F)F. The molecule has 4 aliphatic rings. The van der Waals surface area contributed by atoms with Crippen molar-refractivity contribution in [3.05, 3.63) is 59.4 Å². The summed E-state index contributed by atoms with van der Waals surface area (Å²) in [5, 5.41) is 12.9. The van der Waals surface area contributed by atoms with Crippen molar-refractivity contribution in [1.29, 1.82) is 0 Å². The highest BCUT2D eigenvalue weighted by molar-refractivity contribution is 6.33. The smallest absolute Gasteiger partial charge is 0.430 e. The molecule has 4 bridgehead atoms. The van der Waals surface area contributed by atoms with Crippen molar-refractivity contribution in [2.75, 3.05) is 0 Å². The van der Waals surface area contributed by atoms with Crippen LogP contribution in [0.25, 0.3) is 16.9 Å². The quantitative estimate of drug-likeness (QED) is 0.511. The van der Waals surface area contributed by atoms with Gasteiger partial charge in [-0.05, 0) is 80.5 Å². The first-order chi connectivity index (χ1) is 17.0. The molecule has 1 aromatic carbocycles. The van der Waals surface area contributed by atoms with E-state index in [4.69, 9.17) is 21.5 Å². The fourth-order valence-electron chi connectivity index (χ4n) is 6.68. The number of carboxylic acids is 1. The highest BCUT2D eigenvalue weighted by atomic mass is 35.5. The van der Waals surface area contributed by atoms with Gasteiger partial charge in [-0.3, -0.25) is 4.79 Å². The van der Waals surface area contributed by atoms with Crippen LogP contribution in [0, 0.1) is 17.8 Å². The monoisotopic (exact) mass is 519 g/mol. The molecule has 4 aliphatic carbocycles. The average molecular weight is 520 g/mol. The maximum Gasteiger partial charge on any atom is 0.430 e. The molecule has 3 aromatic rings. The molecule has 0 unspecified atom stereocenters. The molecule has 1 amide bonds. The molecule has 0 atom stereocenters. The summed E-state index contributed by atoms with van der Waals surface area (Å²) in [6.45, 7) is 0. The Morgan fingerprint density at radius 2 is 1.56 bits per heavy atom. The lowest BCUT2D eigenvalue weighted by molar-refractivity contribution is -0.498. The van der Waals surface area contributed by atoms with Gasteiger partial charge in [0.2, 0.25) is 5.69 Å². The van der Waals surface area contributed by atoms with E-state index in [0.717, 1.165) is 53.9 Å². The van der Waals surface area contributed by atoms with Crippen LogP contribution in [0.2, 0.25) is 5.02 Å². The number of H-pyrrole nitrogens is 1.